The number of non-ortho nitro benzene ring substituents is 1. The fourth-order valence-corrected chi connectivity index (χ4v) is 2.59. The monoisotopic (exact) mass is 370 g/mol. The highest BCUT2D eigenvalue weighted by Crippen LogP contribution is 2.30. The van der Waals surface area contributed by atoms with Crippen LogP contribution in [0.5, 0.6) is 11.5 Å². The van der Waals surface area contributed by atoms with Gasteiger partial charge in [-0.2, -0.15) is 0 Å². The summed E-state index contributed by atoms with van der Waals surface area (Å²) in [5, 5.41) is 13.6. The van der Waals surface area contributed by atoms with Crippen molar-refractivity contribution in [3.63, 3.8) is 0 Å². The highest BCUT2D eigenvalue weighted by molar-refractivity contribution is 5.92. The Morgan fingerprint density at radius 1 is 1.15 bits per heavy atom. The quantitative estimate of drug-likeness (QED) is 0.432. The molecule has 0 saturated heterocycles. The summed E-state index contributed by atoms with van der Waals surface area (Å²) in [4.78, 5) is 22.4. The summed E-state index contributed by atoms with van der Waals surface area (Å²) in [6.45, 7) is 1.97. The molecule has 2 rings (SSSR count). The maximum atomic E-state index is 12.2. The van der Waals surface area contributed by atoms with Crippen LogP contribution in [0, 0.1) is 10.1 Å². The summed E-state index contributed by atoms with van der Waals surface area (Å²) in [6, 6.07) is 11.3. The number of carbonyl (C=O) groups excluding carboxylic acids is 1. The van der Waals surface area contributed by atoms with Gasteiger partial charge in [0.05, 0.1) is 25.2 Å². The molecule has 2 aromatic rings. The maximum absolute atomic E-state index is 12.2. The third-order valence-electron chi connectivity index (χ3n) is 4.07. The highest BCUT2D eigenvalue weighted by Gasteiger charge is 2.14. The number of nitro groups is 1. The lowest BCUT2D eigenvalue weighted by atomic mass is 10.0. The molecule has 0 aromatic heterocycles. The van der Waals surface area contributed by atoms with Gasteiger partial charge < -0.3 is 14.8 Å². The van der Waals surface area contributed by atoms with E-state index in [9.17, 15) is 14.9 Å². The van der Waals surface area contributed by atoms with Crippen molar-refractivity contribution in [2.45, 2.75) is 19.4 Å². The SMILES string of the molecule is CC[C@@H](NC(=O)/C=C/c1ccc([N+](=O)[O-])cc1)c1ccc(OC)c(OC)c1. The normalized spacial score (nSPS) is 11.8. The van der Waals surface area contributed by atoms with E-state index in [1.807, 2.05) is 19.1 Å². The number of ether oxygens (including phenoxy) is 2. The van der Waals surface area contributed by atoms with Crippen molar-refractivity contribution >= 4 is 17.7 Å². The molecular weight excluding hydrogens is 348 g/mol. The van der Waals surface area contributed by atoms with Gasteiger partial charge in [-0.05, 0) is 47.9 Å². The van der Waals surface area contributed by atoms with Gasteiger partial charge in [-0.15, -0.1) is 0 Å². The smallest absolute Gasteiger partial charge is 0.269 e. The molecule has 0 fully saturated rings. The molecule has 1 atom stereocenters. The van der Waals surface area contributed by atoms with Gasteiger partial charge in [-0.1, -0.05) is 13.0 Å². The Bertz CT molecular complexity index is 831. The second-order valence-electron chi connectivity index (χ2n) is 5.77. The Morgan fingerprint density at radius 3 is 2.37 bits per heavy atom. The van der Waals surface area contributed by atoms with E-state index < -0.39 is 4.92 Å². The number of rotatable bonds is 8. The van der Waals surface area contributed by atoms with Crippen LogP contribution in [0.1, 0.15) is 30.5 Å². The van der Waals surface area contributed by atoms with Gasteiger partial charge in [0.1, 0.15) is 0 Å². The number of benzene rings is 2. The van der Waals surface area contributed by atoms with Crippen LogP contribution < -0.4 is 14.8 Å². The van der Waals surface area contributed by atoms with Crippen molar-refractivity contribution in [1.29, 1.82) is 0 Å². The van der Waals surface area contributed by atoms with E-state index >= 15 is 0 Å². The Kier molecular flexibility index (Phi) is 6.93. The summed E-state index contributed by atoms with van der Waals surface area (Å²) in [5.41, 5.74) is 1.62. The molecule has 0 bridgehead atoms. The summed E-state index contributed by atoms with van der Waals surface area (Å²) in [5.74, 6) is 0.972. The molecule has 0 radical (unpaired) electrons. The van der Waals surface area contributed by atoms with Crippen LogP contribution >= 0.6 is 0 Å². The van der Waals surface area contributed by atoms with Crippen LogP contribution in [-0.4, -0.2) is 25.1 Å². The summed E-state index contributed by atoms with van der Waals surface area (Å²) >= 11 is 0. The van der Waals surface area contributed by atoms with Crippen molar-refractivity contribution in [2.24, 2.45) is 0 Å². The minimum atomic E-state index is -0.463. The fraction of sp³-hybridized carbons (Fsp3) is 0.250. The van der Waals surface area contributed by atoms with Crippen LogP contribution in [0.3, 0.4) is 0 Å². The molecule has 0 heterocycles. The number of hydrogen-bond acceptors (Lipinski definition) is 5. The van der Waals surface area contributed by atoms with E-state index in [1.54, 1.807) is 38.5 Å². The van der Waals surface area contributed by atoms with Crippen molar-refractivity contribution in [1.82, 2.24) is 5.32 Å². The van der Waals surface area contributed by atoms with Crippen LogP contribution in [-0.2, 0) is 4.79 Å². The lowest BCUT2D eigenvalue weighted by Crippen LogP contribution is -2.26. The Hall–Kier alpha value is -3.35. The zero-order valence-electron chi connectivity index (χ0n) is 15.5. The first-order valence-electron chi connectivity index (χ1n) is 8.43. The maximum Gasteiger partial charge on any atom is 0.269 e. The molecule has 1 amide bonds. The van der Waals surface area contributed by atoms with Crippen LogP contribution in [0.2, 0.25) is 0 Å². The molecule has 7 heteroatoms. The number of methoxy groups -OCH3 is 2. The molecular formula is C20H22N2O5. The van der Waals surface area contributed by atoms with Gasteiger partial charge >= 0.3 is 0 Å². The van der Waals surface area contributed by atoms with Gasteiger partial charge in [0.25, 0.3) is 5.69 Å². The Balaban J connectivity index is 2.07. The largest absolute Gasteiger partial charge is 0.493 e. The average Bonchev–Trinajstić information content (AvgIpc) is 2.70. The zero-order valence-corrected chi connectivity index (χ0v) is 15.5. The molecule has 7 nitrogen and oxygen atoms in total. The van der Waals surface area contributed by atoms with E-state index in [0.717, 1.165) is 5.56 Å². The van der Waals surface area contributed by atoms with E-state index in [0.29, 0.717) is 23.5 Å². The summed E-state index contributed by atoms with van der Waals surface area (Å²) < 4.78 is 10.5. The molecule has 142 valence electrons. The van der Waals surface area contributed by atoms with Crippen molar-refractivity contribution in [2.75, 3.05) is 14.2 Å². The topological polar surface area (TPSA) is 90.7 Å². The molecule has 27 heavy (non-hydrogen) atoms. The second-order valence-corrected chi connectivity index (χ2v) is 5.77. The Morgan fingerprint density at radius 2 is 1.81 bits per heavy atom. The van der Waals surface area contributed by atoms with Gasteiger partial charge in [0.2, 0.25) is 5.91 Å². The Labute approximate surface area is 157 Å². The van der Waals surface area contributed by atoms with Crippen molar-refractivity contribution in [3.8, 4) is 11.5 Å². The van der Waals surface area contributed by atoms with E-state index in [2.05, 4.69) is 5.32 Å². The van der Waals surface area contributed by atoms with Gasteiger partial charge in [-0.3, -0.25) is 14.9 Å². The molecule has 0 aliphatic carbocycles. The van der Waals surface area contributed by atoms with Crippen LogP contribution in [0.4, 0.5) is 5.69 Å². The first kappa shape index (κ1) is 20.0. The lowest BCUT2D eigenvalue weighted by Gasteiger charge is -2.18. The molecule has 1 N–H and O–H groups in total. The predicted octanol–water partition coefficient (Wildman–Crippen LogP) is 3.89. The van der Waals surface area contributed by atoms with Crippen LogP contribution in [0.25, 0.3) is 6.08 Å². The zero-order chi connectivity index (χ0) is 19.8. The molecule has 0 aliphatic heterocycles. The molecule has 2 aromatic carbocycles. The van der Waals surface area contributed by atoms with Crippen molar-refractivity contribution < 1.29 is 19.2 Å². The number of nitro benzene ring substituents is 1. The molecule has 0 spiro atoms. The van der Waals surface area contributed by atoms with E-state index in [1.165, 1.54) is 18.2 Å². The molecule has 0 unspecified atom stereocenters. The first-order valence-corrected chi connectivity index (χ1v) is 8.43. The number of amides is 1. The van der Waals surface area contributed by atoms with Crippen LogP contribution in [0.15, 0.2) is 48.5 Å². The number of carbonyl (C=O) groups is 1. The third kappa shape index (κ3) is 5.31. The number of nitrogens with zero attached hydrogens (tertiary/aromatic N) is 1. The van der Waals surface area contributed by atoms with Gasteiger partial charge in [-0.25, -0.2) is 0 Å². The molecule has 0 saturated carbocycles. The van der Waals surface area contributed by atoms with E-state index in [4.69, 9.17) is 9.47 Å². The summed E-state index contributed by atoms with van der Waals surface area (Å²) in [7, 11) is 3.13. The second kappa shape index (κ2) is 9.38. The number of nitrogens with one attached hydrogen (secondary N) is 1. The highest BCUT2D eigenvalue weighted by atomic mass is 16.6. The first-order chi connectivity index (χ1) is 13.0. The average molecular weight is 370 g/mol. The molecule has 0 aliphatic rings. The minimum absolute atomic E-state index is 0.0103. The predicted molar refractivity (Wildman–Crippen MR) is 103 cm³/mol. The minimum Gasteiger partial charge on any atom is -0.493 e. The third-order valence-corrected chi connectivity index (χ3v) is 4.07. The number of hydrogen-bond donors (Lipinski definition) is 1. The van der Waals surface area contributed by atoms with Crippen molar-refractivity contribution in [3.05, 3.63) is 69.8 Å². The summed E-state index contributed by atoms with van der Waals surface area (Å²) in [6.07, 6.45) is 3.72. The van der Waals surface area contributed by atoms with Gasteiger partial charge in [0.15, 0.2) is 11.5 Å². The van der Waals surface area contributed by atoms with E-state index in [-0.39, 0.29) is 17.6 Å². The van der Waals surface area contributed by atoms with Gasteiger partial charge in [0, 0.05) is 18.2 Å². The fourth-order valence-electron chi connectivity index (χ4n) is 2.59. The lowest BCUT2D eigenvalue weighted by molar-refractivity contribution is -0.384. The standard InChI is InChI=1S/C20H22N2O5/c1-4-17(15-8-11-18(26-2)19(13-15)27-3)21-20(23)12-7-14-5-9-16(10-6-14)22(24)25/h5-13,17H,4H2,1-3H3,(H,21,23)/b12-7+/t17-/m1/s1.